The minimum atomic E-state index is -0.163. The summed E-state index contributed by atoms with van der Waals surface area (Å²) in [6.07, 6.45) is 0.650. The SMILES string of the molecule is CC(=O)c1ccc(C(=O)NCCC[NH-])cc1.[Y]. The first-order chi connectivity index (χ1) is 7.65. The van der Waals surface area contributed by atoms with Crippen molar-refractivity contribution in [2.24, 2.45) is 0 Å². The molecule has 0 spiro atoms. The first-order valence-electron chi connectivity index (χ1n) is 5.19. The van der Waals surface area contributed by atoms with Crippen LogP contribution in [0.1, 0.15) is 34.1 Å². The van der Waals surface area contributed by atoms with Gasteiger partial charge in [0.25, 0.3) is 5.91 Å². The van der Waals surface area contributed by atoms with E-state index in [0.29, 0.717) is 30.6 Å². The van der Waals surface area contributed by atoms with Gasteiger partial charge in [0, 0.05) is 50.4 Å². The molecule has 0 heterocycles. The van der Waals surface area contributed by atoms with Crippen LogP contribution in [0.2, 0.25) is 0 Å². The van der Waals surface area contributed by atoms with Gasteiger partial charge in [-0.05, 0) is 19.1 Å². The van der Waals surface area contributed by atoms with Gasteiger partial charge in [-0.1, -0.05) is 18.6 Å². The van der Waals surface area contributed by atoms with E-state index in [2.05, 4.69) is 5.32 Å². The smallest absolute Gasteiger partial charge is 0.251 e. The quantitative estimate of drug-likeness (QED) is 0.668. The molecule has 1 amide bonds. The molecule has 2 N–H and O–H groups in total. The third-order valence-electron chi connectivity index (χ3n) is 2.19. The normalized spacial score (nSPS) is 9.29. The van der Waals surface area contributed by atoms with Crippen LogP contribution in [0, 0.1) is 0 Å². The van der Waals surface area contributed by atoms with E-state index in [4.69, 9.17) is 5.73 Å². The van der Waals surface area contributed by atoms with E-state index < -0.39 is 0 Å². The van der Waals surface area contributed by atoms with Gasteiger partial charge in [0.1, 0.15) is 0 Å². The van der Waals surface area contributed by atoms with Crippen molar-refractivity contribution in [3.63, 3.8) is 0 Å². The van der Waals surface area contributed by atoms with Crippen LogP contribution in [0.5, 0.6) is 0 Å². The number of Topliss-reactive ketones (excluding diaryl/α,β-unsaturated/α-hetero) is 1. The molecule has 0 bridgehead atoms. The van der Waals surface area contributed by atoms with Crippen molar-refractivity contribution < 1.29 is 42.3 Å². The molecule has 1 rings (SSSR count). The van der Waals surface area contributed by atoms with Crippen LogP contribution in [0.3, 0.4) is 0 Å². The van der Waals surface area contributed by atoms with Crippen molar-refractivity contribution in [2.45, 2.75) is 13.3 Å². The summed E-state index contributed by atoms with van der Waals surface area (Å²) in [6, 6.07) is 6.54. The summed E-state index contributed by atoms with van der Waals surface area (Å²) in [5, 5.41) is 2.70. The predicted octanol–water partition coefficient (Wildman–Crippen LogP) is 2.06. The zero-order chi connectivity index (χ0) is 12.0. The number of ketones is 1. The van der Waals surface area contributed by atoms with Gasteiger partial charge in [-0.3, -0.25) is 9.59 Å². The van der Waals surface area contributed by atoms with Crippen LogP contribution >= 0.6 is 0 Å². The molecule has 1 aromatic rings. The van der Waals surface area contributed by atoms with Crippen molar-refractivity contribution >= 4 is 11.7 Å². The summed E-state index contributed by atoms with van der Waals surface area (Å²) in [5.74, 6) is -0.176. The van der Waals surface area contributed by atoms with Crippen LogP contribution in [-0.4, -0.2) is 24.8 Å². The van der Waals surface area contributed by atoms with E-state index in [-0.39, 0.29) is 44.4 Å². The maximum absolute atomic E-state index is 11.5. The molecule has 0 saturated carbocycles. The average molecular weight is 308 g/mol. The van der Waals surface area contributed by atoms with E-state index in [1.807, 2.05) is 0 Å². The van der Waals surface area contributed by atoms with E-state index in [9.17, 15) is 9.59 Å². The van der Waals surface area contributed by atoms with E-state index in [0.717, 1.165) is 0 Å². The third-order valence-corrected chi connectivity index (χ3v) is 2.19. The molecule has 0 saturated heterocycles. The van der Waals surface area contributed by atoms with Crippen LogP contribution < -0.4 is 5.32 Å². The number of nitrogens with one attached hydrogen (secondary N) is 2. The molecule has 17 heavy (non-hydrogen) atoms. The Morgan fingerprint density at radius 2 is 1.71 bits per heavy atom. The summed E-state index contributed by atoms with van der Waals surface area (Å²) < 4.78 is 0. The van der Waals surface area contributed by atoms with Crippen LogP contribution in [-0.2, 0) is 32.7 Å². The first kappa shape index (κ1) is 16.4. The fraction of sp³-hybridized carbons (Fsp3) is 0.333. The van der Waals surface area contributed by atoms with Gasteiger partial charge in [-0.2, -0.15) is 0 Å². The number of carbonyl (C=O) groups excluding carboxylic acids is 2. The number of hydrogen-bond donors (Lipinski definition) is 1. The predicted molar refractivity (Wildman–Crippen MR) is 62.6 cm³/mol. The van der Waals surface area contributed by atoms with Crippen LogP contribution in [0.4, 0.5) is 0 Å². The Kier molecular flexibility index (Phi) is 8.22. The van der Waals surface area contributed by atoms with E-state index in [1.54, 1.807) is 24.3 Å². The molecule has 4 nitrogen and oxygen atoms in total. The van der Waals surface area contributed by atoms with Crippen LogP contribution in [0.15, 0.2) is 24.3 Å². The summed E-state index contributed by atoms with van der Waals surface area (Å²) in [4.78, 5) is 22.6. The maximum Gasteiger partial charge on any atom is 0.251 e. The molecule has 0 fully saturated rings. The van der Waals surface area contributed by atoms with E-state index in [1.165, 1.54) is 6.92 Å². The number of benzene rings is 1. The number of amides is 1. The molecule has 0 aliphatic rings. The molecular weight excluding hydrogens is 293 g/mol. The Labute approximate surface area is 126 Å². The van der Waals surface area contributed by atoms with Crippen molar-refractivity contribution in [2.75, 3.05) is 13.1 Å². The average Bonchev–Trinajstić information content (AvgIpc) is 2.29. The van der Waals surface area contributed by atoms with Crippen molar-refractivity contribution in [1.82, 2.24) is 5.32 Å². The molecule has 0 atom stereocenters. The molecule has 0 aliphatic heterocycles. The monoisotopic (exact) mass is 308 g/mol. The standard InChI is InChI=1S/C12H15N2O2.Y/c1-9(15)10-3-5-11(6-4-10)12(16)14-8-2-7-13;/h3-6,13H,2,7-8H2,1H3,(H,14,16);/q-1;. The van der Waals surface area contributed by atoms with Gasteiger partial charge < -0.3 is 11.1 Å². The summed E-state index contributed by atoms with van der Waals surface area (Å²) in [6.45, 7) is 2.31. The summed E-state index contributed by atoms with van der Waals surface area (Å²) >= 11 is 0. The fourth-order valence-corrected chi connectivity index (χ4v) is 1.25. The van der Waals surface area contributed by atoms with E-state index >= 15 is 0 Å². The van der Waals surface area contributed by atoms with Crippen molar-refractivity contribution in [3.8, 4) is 0 Å². The van der Waals surface area contributed by atoms with Crippen LogP contribution in [0.25, 0.3) is 5.73 Å². The van der Waals surface area contributed by atoms with Crippen molar-refractivity contribution in [1.29, 1.82) is 0 Å². The number of carbonyl (C=O) groups is 2. The Morgan fingerprint density at radius 1 is 1.18 bits per heavy atom. The molecular formula is C12H15N2O2Y-. The van der Waals surface area contributed by atoms with Gasteiger partial charge in [-0.25, -0.2) is 0 Å². The zero-order valence-corrected chi connectivity index (χ0v) is 12.7. The minimum Gasteiger partial charge on any atom is -0.677 e. The Bertz CT molecular complexity index is 377. The molecule has 5 heteroatoms. The van der Waals surface area contributed by atoms with Gasteiger partial charge in [0.05, 0.1) is 0 Å². The molecule has 89 valence electrons. The van der Waals surface area contributed by atoms with Crippen molar-refractivity contribution in [3.05, 3.63) is 41.1 Å². The largest absolute Gasteiger partial charge is 0.677 e. The maximum atomic E-state index is 11.5. The minimum absolute atomic E-state index is 0. The second-order valence-corrected chi connectivity index (χ2v) is 3.49. The second-order valence-electron chi connectivity index (χ2n) is 3.49. The zero-order valence-electron chi connectivity index (χ0n) is 9.82. The molecule has 1 aromatic carbocycles. The Hall–Kier alpha value is -0.576. The molecule has 0 aliphatic carbocycles. The second kappa shape index (κ2) is 8.51. The third kappa shape index (κ3) is 5.53. The number of hydrogen-bond acceptors (Lipinski definition) is 2. The van der Waals surface area contributed by atoms with Gasteiger partial charge in [0.15, 0.2) is 5.78 Å². The summed E-state index contributed by atoms with van der Waals surface area (Å²) in [5.41, 5.74) is 8.07. The Balaban J connectivity index is 0.00000256. The van der Waals surface area contributed by atoms with Gasteiger partial charge >= 0.3 is 0 Å². The molecule has 0 unspecified atom stereocenters. The van der Waals surface area contributed by atoms with Gasteiger partial charge in [0.2, 0.25) is 0 Å². The molecule has 1 radical (unpaired) electrons. The Morgan fingerprint density at radius 3 is 2.18 bits per heavy atom. The molecule has 0 aromatic heterocycles. The fourth-order valence-electron chi connectivity index (χ4n) is 1.25. The topological polar surface area (TPSA) is 70.0 Å². The number of rotatable bonds is 5. The van der Waals surface area contributed by atoms with Gasteiger partial charge in [-0.15, -0.1) is 6.54 Å². The summed E-state index contributed by atoms with van der Waals surface area (Å²) in [7, 11) is 0. The first-order valence-corrected chi connectivity index (χ1v) is 5.19.